The van der Waals surface area contributed by atoms with Crippen LogP contribution in [0.25, 0.3) is 0 Å². The first kappa shape index (κ1) is 20.5. The Labute approximate surface area is 179 Å². The zero-order chi connectivity index (χ0) is 21.1. The van der Waals surface area contributed by atoms with Gasteiger partial charge in [0.05, 0.1) is 6.16 Å². The van der Waals surface area contributed by atoms with Crippen molar-refractivity contribution in [3.63, 3.8) is 0 Å². The molecule has 0 aromatic heterocycles. The van der Waals surface area contributed by atoms with Crippen molar-refractivity contribution in [2.75, 3.05) is 0 Å². The predicted molar refractivity (Wildman–Crippen MR) is 129 cm³/mol. The van der Waals surface area contributed by atoms with Crippen molar-refractivity contribution in [2.45, 2.75) is 26.9 Å². The largest absolute Gasteiger partial charge is 0.207 e. The molecule has 0 aliphatic heterocycles. The second-order valence-electron chi connectivity index (χ2n) is 8.11. The van der Waals surface area contributed by atoms with Crippen molar-refractivity contribution in [3.05, 3.63) is 125 Å². The summed E-state index contributed by atoms with van der Waals surface area (Å²) in [5.74, 6) is -0.190. The zero-order valence-electron chi connectivity index (χ0n) is 17.8. The smallest absolute Gasteiger partial charge is 0.123 e. The first-order valence-corrected chi connectivity index (χ1v) is 12.3. The third kappa shape index (κ3) is 4.09. The van der Waals surface area contributed by atoms with E-state index in [9.17, 15) is 4.39 Å². The summed E-state index contributed by atoms with van der Waals surface area (Å²) in [6, 6.07) is 33.8. The van der Waals surface area contributed by atoms with Gasteiger partial charge in [0.1, 0.15) is 29.0 Å². The molecule has 150 valence electrons. The summed E-state index contributed by atoms with van der Waals surface area (Å²) in [5.41, 5.74) is 4.94. The van der Waals surface area contributed by atoms with E-state index in [4.69, 9.17) is 0 Å². The molecule has 0 aliphatic rings. The van der Waals surface area contributed by atoms with Gasteiger partial charge in [0.25, 0.3) is 0 Å². The highest BCUT2D eigenvalue weighted by molar-refractivity contribution is 7.95. The third-order valence-electron chi connectivity index (χ3n) is 5.66. The standard InChI is InChI=1S/C28H27FP/c1-21-7-4-10-26(17-21)30(27-11-5-8-22(2)18-27,28-12-6-9-23(3)19-28)20-24-13-15-25(29)16-14-24/h4-19H,20H2,1-3H3/q+1/i29-1. The van der Waals surface area contributed by atoms with Crippen LogP contribution in [-0.2, 0) is 6.16 Å². The van der Waals surface area contributed by atoms with Crippen LogP contribution in [-0.4, -0.2) is 0 Å². The Hall–Kier alpha value is -2.76. The number of benzene rings is 4. The van der Waals surface area contributed by atoms with Crippen LogP contribution in [0.3, 0.4) is 0 Å². The van der Waals surface area contributed by atoms with Crippen molar-refractivity contribution in [3.8, 4) is 0 Å². The van der Waals surface area contributed by atoms with Crippen molar-refractivity contribution in [2.24, 2.45) is 0 Å². The summed E-state index contributed by atoms with van der Waals surface area (Å²) in [6.07, 6.45) is 0.865. The average molecular weight is 412 g/mol. The molecule has 0 radical (unpaired) electrons. The molecule has 0 nitrogen and oxygen atoms in total. The summed E-state index contributed by atoms with van der Waals surface area (Å²) >= 11 is 0. The van der Waals surface area contributed by atoms with Gasteiger partial charge in [-0.15, -0.1) is 0 Å². The van der Waals surface area contributed by atoms with Gasteiger partial charge in [0.2, 0.25) is 0 Å². The zero-order valence-corrected chi connectivity index (χ0v) is 18.7. The Bertz CT molecular complexity index is 1050. The maximum absolute atomic E-state index is 13.7. The molecule has 4 aromatic carbocycles. The topological polar surface area (TPSA) is 0 Å². The van der Waals surface area contributed by atoms with Gasteiger partial charge in [-0.3, -0.25) is 0 Å². The molecular formula is C28H27FP+. The first-order chi connectivity index (χ1) is 14.5. The van der Waals surface area contributed by atoms with Crippen LogP contribution in [0.15, 0.2) is 97.1 Å². The Balaban J connectivity index is 2.05. The fourth-order valence-electron chi connectivity index (χ4n) is 4.18. The van der Waals surface area contributed by atoms with Crippen LogP contribution in [0.5, 0.6) is 0 Å². The van der Waals surface area contributed by atoms with Gasteiger partial charge in [-0.2, -0.15) is 0 Å². The minimum atomic E-state index is -1.99. The maximum atomic E-state index is 13.7. The van der Waals surface area contributed by atoms with Gasteiger partial charge in [0, 0.05) is 0 Å². The Kier molecular flexibility index (Phi) is 5.84. The van der Waals surface area contributed by atoms with Gasteiger partial charge in [-0.1, -0.05) is 48.5 Å². The van der Waals surface area contributed by atoms with E-state index in [1.165, 1.54) is 32.6 Å². The molecular weight excluding hydrogens is 385 g/mol. The molecule has 0 atom stereocenters. The van der Waals surface area contributed by atoms with Crippen LogP contribution in [0.4, 0.5) is 4.39 Å². The highest BCUT2D eigenvalue weighted by Crippen LogP contribution is 2.58. The maximum Gasteiger partial charge on any atom is 0.123 e. The van der Waals surface area contributed by atoms with Gasteiger partial charge < -0.3 is 0 Å². The highest BCUT2D eigenvalue weighted by Gasteiger charge is 2.45. The molecule has 0 heterocycles. The number of rotatable bonds is 5. The molecule has 0 N–H and O–H groups in total. The minimum absolute atomic E-state index is 0.190. The highest BCUT2D eigenvalue weighted by atomic mass is 31.2. The molecule has 4 aromatic rings. The van der Waals surface area contributed by atoms with E-state index in [0.29, 0.717) is 0 Å². The van der Waals surface area contributed by atoms with Gasteiger partial charge in [0.15, 0.2) is 0 Å². The summed E-state index contributed by atoms with van der Waals surface area (Å²) in [4.78, 5) is 0. The number of aryl methyl sites for hydroxylation is 3. The molecule has 0 amide bonds. The molecule has 0 unspecified atom stereocenters. The lowest BCUT2D eigenvalue weighted by Crippen LogP contribution is -2.33. The Morgan fingerprint density at radius 3 is 1.33 bits per heavy atom. The quantitative estimate of drug-likeness (QED) is 0.340. The van der Waals surface area contributed by atoms with Gasteiger partial charge in [-0.25, -0.2) is 4.39 Å². The predicted octanol–water partition coefficient (Wildman–Crippen LogP) is 6.25. The molecule has 0 saturated heterocycles. The number of halogens is 1. The molecule has 0 aliphatic carbocycles. The molecule has 0 saturated carbocycles. The van der Waals surface area contributed by atoms with Crippen molar-refractivity contribution < 1.29 is 4.39 Å². The molecule has 2 heteroatoms. The van der Waals surface area contributed by atoms with Crippen LogP contribution >= 0.6 is 7.26 Å². The van der Waals surface area contributed by atoms with E-state index >= 15 is 0 Å². The third-order valence-corrected chi connectivity index (χ3v) is 9.98. The Morgan fingerprint density at radius 2 is 0.967 bits per heavy atom. The van der Waals surface area contributed by atoms with Crippen molar-refractivity contribution in [1.29, 1.82) is 0 Å². The first-order valence-electron chi connectivity index (χ1n) is 10.3. The lowest BCUT2D eigenvalue weighted by molar-refractivity contribution is 0.627. The van der Waals surface area contributed by atoms with Crippen molar-refractivity contribution in [1.82, 2.24) is 0 Å². The van der Waals surface area contributed by atoms with Gasteiger partial charge >= 0.3 is 0 Å². The second kappa shape index (κ2) is 8.54. The fraction of sp³-hybridized carbons (Fsp3) is 0.143. The van der Waals surface area contributed by atoms with Crippen molar-refractivity contribution >= 4 is 23.2 Å². The van der Waals surface area contributed by atoms with Crippen LogP contribution in [0.1, 0.15) is 22.3 Å². The normalized spacial score (nSPS) is 11.5. The molecule has 0 bridgehead atoms. The lowest BCUT2D eigenvalue weighted by Gasteiger charge is -2.28. The van der Waals surface area contributed by atoms with Gasteiger partial charge in [-0.05, 0) is 91.6 Å². The average Bonchev–Trinajstić information content (AvgIpc) is 2.73. The number of hydrogen-bond acceptors (Lipinski definition) is 0. The van der Waals surface area contributed by atoms with E-state index in [1.807, 2.05) is 12.1 Å². The molecule has 0 spiro atoms. The van der Waals surface area contributed by atoms with E-state index < -0.39 is 7.26 Å². The summed E-state index contributed by atoms with van der Waals surface area (Å²) in [5, 5.41) is 4.09. The van der Waals surface area contributed by atoms with Crippen LogP contribution in [0, 0.1) is 26.6 Å². The van der Waals surface area contributed by atoms with E-state index in [1.54, 1.807) is 12.1 Å². The monoisotopic (exact) mass is 412 g/mol. The number of hydrogen-bond donors (Lipinski definition) is 0. The Morgan fingerprint density at radius 1 is 0.567 bits per heavy atom. The van der Waals surface area contributed by atoms with E-state index in [-0.39, 0.29) is 5.82 Å². The molecule has 0 fully saturated rings. The molecule has 30 heavy (non-hydrogen) atoms. The fourth-order valence-corrected chi connectivity index (χ4v) is 8.68. The second-order valence-corrected chi connectivity index (χ2v) is 11.6. The van der Waals surface area contributed by atoms with E-state index in [0.717, 1.165) is 11.7 Å². The lowest BCUT2D eigenvalue weighted by atomic mass is 10.2. The minimum Gasteiger partial charge on any atom is -0.207 e. The summed E-state index contributed by atoms with van der Waals surface area (Å²) < 4.78 is 13.7. The SMILES string of the molecule is Cc1cccc([P+](Cc2ccc([18F])cc2)(c2cccc(C)c2)c2cccc(C)c2)c1. The molecule has 4 rings (SSSR count). The van der Waals surface area contributed by atoms with E-state index in [2.05, 4.69) is 93.6 Å². The van der Waals surface area contributed by atoms with Crippen LogP contribution < -0.4 is 15.9 Å². The van der Waals surface area contributed by atoms with Crippen LogP contribution in [0.2, 0.25) is 0 Å². The summed E-state index contributed by atoms with van der Waals surface area (Å²) in [7, 11) is -1.99. The summed E-state index contributed by atoms with van der Waals surface area (Å²) in [6.45, 7) is 6.47.